The van der Waals surface area contributed by atoms with E-state index < -0.39 is 0 Å². The fourth-order valence-electron chi connectivity index (χ4n) is 0.366. The van der Waals surface area contributed by atoms with Crippen molar-refractivity contribution in [3.63, 3.8) is 0 Å². The molecule has 0 aliphatic carbocycles. The minimum Gasteiger partial charge on any atom is -0.370 e. The number of guanidine groups is 1. The van der Waals surface area contributed by atoms with Crippen molar-refractivity contribution in [2.24, 2.45) is 33.7 Å². The van der Waals surface area contributed by atoms with Gasteiger partial charge in [0.2, 0.25) is 0 Å². The molecule has 0 fully saturated rings. The highest BCUT2D eigenvalue weighted by atomic mass is 15.0. The molecule has 14 heavy (non-hydrogen) atoms. The molecule has 6 heteroatoms. The number of hydrogen-bond acceptors (Lipinski definition) is 4. The van der Waals surface area contributed by atoms with Gasteiger partial charge < -0.3 is 28.7 Å². The minimum absolute atomic E-state index is 0.193. The van der Waals surface area contributed by atoms with Crippen LogP contribution in [0.2, 0.25) is 0 Å². The van der Waals surface area contributed by atoms with Gasteiger partial charge in [-0.25, -0.2) is 0 Å². The Bertz CT molecular complexity index is 79.9. The SMILES string of the molecule is CCCCN=C(N)N.CN.CN.CN. The maximum absolute atomic E-state index is 5.06. The van der Waals surface area contributed by atoms with Gasteiger partial charge in [-0.15, -0.1) is 0 Å². The summed E-state index contributed by atoms with van der Waals surface area (Å²) in [4.78, 5) is 3.79. The van der Waals surface area contributed by atoms with Crippen molar-refractivity contribution < 1.29 is 0 Å². The fourth-order valence-corrected chi connectivity index (χ4v) is 0.366. The summed E-state index contributed by atoms with van der Waals surface area (Å²) < 4.78 is 0. The van der Waals surface area contributed by atoms with Crippen molar-refractivity contribution in [1.82, 2.24) is 0 Å². The lowest BCUT2D eigenvalue weighted by atomic mass is 10.3. The third-order valence-corrected chi connectivity index (χ3v) is 0.806. The van der Waals surface area contributed by atoms with Crippen LogP contribution in [-0.2, 0) is 0 Å². The Balaban J connectivity index is -0.0000000708. The third kappa shape index (κ3) is 66.7. The molecule has 0 amide bonds. The van der Waals surface area contributed by atoms with E-state index in [-0.39, 0.29) is 5.96 Å². The Hall–Kier alpha value is -0.850. The van der Waals surface area contributed by atoms with E-state index in [2.05, 4.69) is 29.1 Å². The standard InChI is InChI=1S/C5H13N3.3CH5N/c1-2-3-4-8-5(6)7;3*1-2/h2-4H2,1H3,(H4,6,7,8);3*2H2,1H3. The summed E-state index contributed by atoms with van der Waals surface area (Å²) in [6.45, 7) is 2.86. The third-order valence-electron chi connectivity index (χ3n) is 0.806. The Kier molecular flexibility index (Phi) is 66.1. The first-order chi connectivity index (χ1) is 6.77. The fraction of sp³-hybridized carbons (Fsp3) is 0.875. The van der Waals surface area contributed by atoms with Crippen LogP contribution >= 0.6 is 0 Å². The van der Waals surface area contributed by atoms with Gasteiger partial charge in [-0.3, -0.25) is 4.99 Å². The van der Waals surface area contributed by atoms with Gasteiger partial charge in [-0.1, -0.05) is 13.3 Å². The Morgan fingerprint density at radius 3 is 1.50 bits per heavy atom. The van der Waals surface area contributed by atoms with E-state index in [1.165, 1.54) is 21.1 Å². The van der Waals surface area contributed by atoms with E-state index in [1.54, 1.807) is 0 Å². The molecule has 0 aromatic rings. The lowest BCUT2D eigenvalue weighted by Gasteiger charge is -1.89. The molecule has 0 atom stereocenters. The topological polar surface area (TPSA) is 142 Å². The molecule has 0 saturated carbocycles. The number of hydrogen-bond donors (Lipinski definition) is 5. The normalized spacial score (nSPS) is 6.21. The number of aliphatic imine (C=N–C) groups is 1. The molecular weight excluding hydrogens is 180 g/mol. The molecule has 0 heterocycles. The molecule has 0 rings (SSSR count). The van der Waals surface area contributed by atoms with Gasteiger partial charge in [-0.2, -0.15) is 0 Å². The van der Waals surface area contributed by atoms with Crippen molar-refractivity contribution >= 4 is 5.96 Å². The first kappa shape index (κ1) is 23.2. The van der Waals surface area contributed by atoms with Gasteiger partial charge in [0.25, 0.3) is 0 Å². The van der Waals surface area contributed by atoms with Crippen LogP contribution < -0.4 is 28.7 Å². The van der Waals surface area contributed by atoms with Crippen molar-refractivity contribution in [2.75, 3.05) is 27.7 Å². The highest BCUT2D eigenvalue weighted by Gasteiger charge is 1.79. The van der Waals surface area contributed by atoms with E-state index in [0.717, 1.165) is 19.4 Å². The predicted molar refractivity (Wildman–Crippen MR) is 65.9 cm³/mol. The molecule has 0 spiro atoms. The maximum Gasteiger partial charge on any atom is 0.185 e. The molecule has 0 radical (unpaired) electrons. The van der Waals surface area contributed by atoms with Crippen LogP contribution in [0.5, 0.6) is 0 Å². The summed E-state index contributed by atoms with van der Waals surface area (Å²) in [5, 5.41) is 0. The van der Waals surface area contributed by atoms with Crippen LogP contribution in [-0.4, -0.2) is 33.6 Å². The zero-order valence-corrected chi connectivity index (χ0v) is 9.96. The van der Waals surface area contributed by atoms with E-state index >= 15 is 0 Å². The highest BCUT2D eigenvalue weighted by molar-refractivity contribution is 5.75. The average molecular weight is 208 g/mol. The molecule has 10 N–H and O–H groups in total. The van der Waals surface area contributed by atoms with Gasteiger partial charge in [0.05, 0.1) is 0 Å². The number of nitrogens with two attached hydrogens (primary N) is 5. The van der Waals surface area contributed by atoms with Crippen LogP contribution in [0.4, 0.5) is 0 Å². The second-order valence-corrected chi connectivity index (χ2v) is 1.66. The Morgan fingerprint density at radius 2 is 1.29 bits per heavy atom. The molecule has 0 aromatic heterocycles. The molecule has 0 unspecified atom stereocenters. The van der Waals surface area contributed by atoms with Crippen molar-refractivity contribution in [3.8, 4) is 0 Å². The van der Waals surface area contributed by atoms with Crippen molar-refractivity contribution in [1.29, 1.82) is 0 Å². The molecule has 6 nitrogen and oxygen atoms in total. The van der Waals surface area contributed by atoms with E-state index in [9.17, 15) is 0 Å². The lowest BCUT2D eigenvalue weighted by Crippen LogP contribution is -2.22. The predicted octanol–water partition coefficient (Wildman–Crippen LogP) is -1.22. The summed E-state index contributed by atoms with van der Waals surface area (Å²) in [7, 11) is 4.50. The van der Waals surface area contributed by atoms with Crippen LogP contribution in [0.1, 0.15) is 19.8 Å². The quantitative estimate of drug-likeness (QED) is 0.224. The van der Waals surface area contributed by atoms with Gasteiger partial charge in [0.1, 0.15) is 0 Å². The van der Waals surface area contributed by atoms with Crippen molar-refractivity contribution in [3.05, 3.63) is 0 Å². The van der Waals surface area contributed by atoms with Gasteiger partial charge in [0, 0.05) is 6.54 Å². The van der Waals surface area contributed by atoms with Crippen LogP contribution in [0.3, 0.4) is 0 Å². The lowest BCUT2D eigenvalue weighted by molar-refractivity contribution is 0.806. The zero-order valence-electron chi connectivity index (χ0n) is 9.96. The Morgan fingerprint density at radius 1 is 0.929 bits per heavy atom. The molecule has 0 bridgehead atoms. The smallest absolute Gasteiger partial charge is 0.185 e. The summed E-state index contributed by atoms with van der Waals surface area (Å²) in [6.07, 6.45) is 2.20. The molecule has 0 aliphatic heterocycles. The van der Waals surface area contributed by atoms with Crippen LogP contribution in [0.15, 0.2) is 4.99 Å². The number of nitrogens with zero attached hydrogens (tertiary/aromatic N) is 1. The molecule has 0 aromatic carbocycles. The van der Waals surface area contributed by atoms with Gasteiger partial charge in [-0.05, 0) is 27.6 Å². The van der Waals surface area contributed by atoms with E-state index in [1.807, 2.05) is 0 Å². The largest absolute Gasteiger partial charge is 0.370 e. The van der Waals surface area contributed by atoms with Crippen molar-refractivity contribution in [2.45, 2.75) is 19.8 Å². The summed E-state index contributed by atoms with van der Waals surface area (Å²) in [5.74, 6) is 0.193. The van der Waals surface area contributed by atoms with Gasteiger partial charge in [0.15, 0.2) is 5.96 Å². The first-order valence-electron chi connectivity index (χ1n) is 4.56. The maximum atomic E-state index is 5.06. The average Bonchev–Trinajstić information content (AvgIpc) is 2.27. The zero-order chi connectivity index (χ0) is 12.4. The monoisotopic (exact) mass is 208 g/mol. The van der Waals surface area contributed by atoms with Crippen LogP contribution in [0, 0.1) is 0 Å². The summed E-state index contributed by atoms with van der Waals surface area (Å²) in [5.41, 5.74) is 23.6. The van der Waals surface area contributed by atoms with E-state index in [0.29, 0.717) is 0 Å². The minimum atomic E-state index is 0.193. The first-order valence-corrected chi connectivity index (χ1v) is 4.56. The Labute approximate surface area is 87.9 Å². The highest BCUT2D eigenvalue weighted by Crippen LogP contribution is 1.84. The second kappa shape index (κ2) is 39.9. The molecule has 0 saturated heterocycles. The van der Waals surface area contributed by atoms with Crippen LogP contribution in [0.25, 0.3) is 0 Å². The molecule has 0 aliphatic rings. The number of unbranched alkanes of at least 4 members (excludes halogenated alkanes) is 1. The number of rotatable bonds is 3. The summed E-state index contributed by atoms with van der Waals surface area (Å²) >= 11 is 0. The van der Waals surface area contributed by atoms with E-state index in [4.69, 9.17) is 11.5 Å². The second-order valence-electron chi connectivity index (χ2n) is 1.66. The summed E-state index contributed by atoms with van der Waals surface area (Å²) in [6, 6.07) is 0. The molecule has 90 valence electrons. The molecular formula is C8H28N6. The van der Waals surface area contributed by atoms with Gasteiger partial charge >= 0.3 is 0 Å².